The molecule has 1 saturated heterocycles. The average Bonchev–Trinajstić information content (AvgIpc) is 3.40. The minimum atomic E-state index is -4.02. The molecule has 1 aliphatic heterocycles. The quantitative estimate of drug-likeness (QED) is 0.427. The van der Waals surface area contributed by atoms with Crippen molar-refractivity contribution in [2.75, 3.05) is 34.4 Å². The second-order valence-electron chi connectivity index (χ2n) is 7.63. The predicted octanol–water partition coefficient (Wildman–Crippen LogP) is 2.60. The monoisotopic (exact) mass is 488 g/mol. The molecule has 0 bridgehead atoms. The van der Waals surface area contributed by atoms with Crippen LogP contribution in [0.3, 0.4) is 0 Å². The van der Waals surface area contributed by atoms with Crippen LogP contribution in [0, 0.1) is 0 Å². The summed E-state index contributed by atoms with van der Waals surface area (Å²) in [4.78, 5) is 25.6. The first kappa shape index (κ1) is 25.3. The van der Waals surface area contributed by atoms with Gasteiger partial charge in [-0.2, -0.15) is 0 Å². The number of likely N-dealkylation sites (tertiary alicyclic amines) is 1. The molecule has 3 rings (SSSR count). The summed E-state index contributed by atoms with van der Waals surface area (Å²) in [5, 5.41) is 0. The third-order valence-corrected chi connectivity index (χ3v) is 6.84. The fourth-order valence-corrected chi connectivity index (χ4v) is 4.83. The van der Waals surface area contributed by atoms with Gasteiger partial charge in [-0.25, -0.2) is 17.9 Å². The van der Waals surface area contributed by atoms with Gasteiger partial charge in [0.1, 0.15) is 4.90 Å². The van der Waals surface area contributed by atoms with Gasteiger partial charge in [0.25, 0.3) is 5.91 Å². The van der Waals surface area contributed by atoms with Crippen LogP contribution in [0.4, 0.5) is 0 Å². The number of ether oxygens (including phenoxy) is 3. The van der Waals surface area contributed by atoms with Crippen LogP contribution in [0.1, 0.15) is 34.3 Å². The summed E-state index contributed by atoms with van der Waals surface area (Å²) in [6.45, 7) is 1.54. The Balaban J connectivity index is 1.80. The first-order chi connectivity index (χ1) is 16.3. The van der Waals surface area contributed by atoms with Crippen molar-refractivity contribution in [1.29, 1.82) is 0 Å². The number of esters is 1. The number of benzene rings is 2. The Hall–Kier alpha value is -3.37. The third-order valence-electron chi connectivity index (χ3n) is 5.43. The van der Waals surface area contributed by atoms with Crippen LogP contribution in [0.5, 0.6) is 11.5 Å². The molecule has 2 aromatic carbocycles. The first-order valence-electron chi connectivity index (χ1n) is 10.7. The van der Waals surface area contributed by atoms with E-state index in [9.17, 15) is 18.0 Å². The van der Waals surface area contributed by atoms with Crippen molar-refractivity contribution in [3.8, 4) is 11.5 Å². The largest absolute Gasteiger partial charge is 0.493 e. The van der Waals surface area contributed by atoms with Crippen LogP contribution in [0.25, 0.3) is 6.08 Å². The highest BCUT2D eigenvalue weighted by Crippen LogP contribution is 2.36. The number of amides is 1. The fraction of sp³-hybridized carbons (Fsp3) is 0.333. The van der Waals surface area contributed by atoms with Gasteiger partial charge in [-0.05, 0) is 54.3 Å². The molecular weight excluding hydrogens is 460 g/mol. The Morgan fingerprint density at radius 2 is 1.71 bits per heavy atom. The highest BCUT2D eigenvalue weighted by molar-refractivity contribution is 7.89. The van der Waals surface area contributed by atoms with Gasteiger partial charge in [0.2, 0.25) is 10.0 Å². The zero-order valence-electron chi connectivity index (χ0n) is 19.4. The molecule has 1 N–H and O–H groups in total. The van der Waals surface area contributed by atoms with Gasteiger partial charge in [-0.15, -0.1) is 0 Å². The molecule has 0 saturated carbocycles. The van der Waals surface area contributed by atoms with Gasteiger partial charge in [-0.3, -0.25) is 4.79 Å². The van der Waals surface area contributed by atoms with E-state index in [4.69, 9.17) is 9.47 Å². The number of methoxy groups -OCH3 is 3. The van der Waals surface area contributed by atoms with E-state index in [-0.39, 0.29) is 28.8 Å². The van der Waals surface area contributed by atoms with Crippen LogP contribution in [-0.4, -0.2) is 59.6 Å². The molecule has 0 radical (unpaired) electrons. The summed E-state index contributed by atoms with van der Waals surface area (Å²) in [7, 11) is -0.0407. The van der Waals surface area contributed by atoms with E-state index in [2.05, 4.69) is 9.46 Å². The molecule has 182 valence electrons. The van der Waals surface area contributed by atoms with Crippen molar-refractivity contribution in [3.63, 3.8) is 0 Å². The molecule has 0 unspecified atom stereocenters. The van der Waals surface area contributed by atoms with Gasteiger partial charge in [0.15, 0.2) is 11.5 Å². The van der Waals surface area contributed by atoms with Crippen molar-refractivity contribution in [2.24, 2.45) is 0 Å². The molecule has 10 heteroatoms. The zero-order valence-corrected chi connectivity index (χ0v) is 20.2. The van der Waals surface area contributed by atoms with E-state index in [0.29, 0.717) is 16.7 Å². The van der Waals surface area contributed by atoms with E-state index in [1.54, 1.807) is 30.3 Å². The maximum absolute atomic E-state index is 13.1. The van der Waals surface area contributed by atoms with E-state index >= 15 is 0 Å². The topological polar surface area (TPSA) is 111 Å². The third kappa shape index (κ3) is 5.95. The molecule has 1 fully saturated rings. The van der Waals surface area contributed by atoms with E-state index in [1.807, 2.05) is 4.90 Å². The summed E-state index contributed by atoms with van der Waals surface area (Å²) in [5.74, 6) is -0.362. The smallest absolute Gasteiger partial charge is 0.330 e. The maximum Gasteiger partial charge on any atom is 0.330 e. The second-order valence-corrected chi connectivity index (χ2v) is 9.37. The number of rotatable bonds is 9. The Kier molecular flexibility index (Phi) is 8.30. The van der Waals surface area contributed by atoms with Crippen LogP contribution >= 0.6 is 0 Å². The molecule has 1 aliphatic rings. The number of hydrogen-bond donors (Lipinski definition) is 1. The molecule has 1 heterocycles. The summed E-state index contributed by atoms with van der Waals surface area (Å²) in [6, 6.07) is 9.77. The Bertz CT molecular complexity index is 1170. The van der Waals surface area contributed by atoms with Crippen LogP contribution < -0.4 is 14.2 Å². The second kappa shape index (κ2) is 11.2. The van der Waals surface area contributed by atoms with Gasteiger partial charge >= 0.3 is 5.97 Å². The molecule has 0 spiro atoms. The number of nitrogens with zero attached hydrogens (tertiary/aromatic N) is 1. The molecule has 0 atom stereocenters. The van der Waals surface area contributed by atoms with Crippen molar-refractivity contribution in [2.45, 2.75) is 24.3 Å². The molecule has 34 heavy (non-hydrogen) atoms. The van der Waals surface area contributed by atoms with Gasteiger partial charge in [-0.1, -0.05) is 12.1 Å². The Labute approximate surface area is 199 Å². The van der Waals surface area contributed by atoms with E-state index in [1.165, 1.54) is 39.5 Å². The lowest BCUT2D eigenvalue weighted by Gasteiger charge is -2.16. The normalized spacial score (nSPS) is 13.8. The van der Waals surface area contributed by atoms with Crippen molar-refractivity contribution in [1.82, 2.24) is 9.62 Å². The fourth-order valence-electron chi connectivity index (χ4n) is 3.60. The SMILES string of the molecule is COC(=O)/C=C\c1cc(OC)c(OC)c(S(=O)(=O)NCc2ccc(C(=O)N3CCCC3)cc2)c1. The number of hydrogen-bond acceptors (Lipinski definition) is 7. The molecule has 0 aliphatic carbocycles. The van der Waals surface area contributed by atoms with Crippen LogP contribution in [-0.2, 0) is 26.1 Å². The molecule has 1 amide bonds. The predicted molar refractivity (Wildman–Crippen MR) is 126 cm³/mol. The Morgan fingerprint density at radius 3 is 2.29 bits per heavy atom. The van der Waals surface area contributed by atoms with Crippen LogP contribution in [0.2, 0.25) is 0 Å². The zero-order chi connectivity index (χ0) is 24.7. The maximum atomic E-state index is 13.1. The average molecular weight is 489 g/mol. The number of carbonyl (C=O) groups excluding carboxylic acids is 2. The summed E-state index contributed by atoms with van der Waals surface area (Å²) in [6.07, 6.45) is 4.62. The van der Waals surface area contributed by atoms with E-state index < -0.39 is 16.0 Å². The van der Waals surface area contributed by atoms with E-state index in [0.717, 1.165) is 25.9 Å². The van der Waals surface area contributed by atoms with Gasteiger partial charge in [0, 0.05) is 31.3 Å². The first-order valence-corrected chi connectivity index (χ1v) is 12.2. The minimum Gasteiger partial charge on any atom is -0.493 e. The lowest BCUT2D eigenvalue weighted by atomic mass is 10.1. The summed E-state index contributed by atoms with van der Waals surface area (Å²) in [5.41, 5.74) is 1.67. The number of carbonyl (C=O) groups is 2. The standard InChI is InChI=1S/C24H28N2O7S/c1-31-20-14-18(8-11-22(27)32-2)15-21(23(20)33-3)34(29,30)25-16-17-6-9-19(10-7-17)24(28)26-12-4-5-13-26/h6-11,14-15,25H,4-5,12-13,16H2,1-3H3/b11-8-. The number of sulfonamides is 1. The Morgan fingerprint density at radius 1 is 1.03 bits per heavy atom. The van der Waals surface area contributed by atoms with Gasteiger partial charge in [0.05, 0.1) is 21.3 Å². The highest BCUT2D eigenvalue weighted by Gasteiger charge is 2.24. The van der Waals surface area contributed by atoms with Gasteiger partial charge < -0.3 is 19.1 Å². The molecule has 0 aromatic heterocycles. The van der Waals surface area contributed by atoms with Crippen LogP contribution in [0.15, 0.2) is 47.4 Å². The van der Waals surface area contributed by atoms with Crippen molar-refractivity contribution >= 4 is 28.0 Å². The minimum absolute atomic E-state index is 0.00815. The lowest BCUT2D eigenvalue weighted by Crippen LogP contribution is -2.27. The lowest BCUT2D eigenvalue weighted by molar-refractivity contribution is -0.134. The molecule has 9 nitrogen and oxygen atoms in total. The number of nitrogens with one attached hydrogen (secondary N) is 1. The van der Waals surface area contributed by atoms with Crippen molar-refractivity contribution in [3.05, 3.63) is 59.2 Å². The molecule has 2 aromatic rings. The molecular formula is C24H28N2O7S. The summed E-state index contributed by atoms with van der Waals surface area (Å²) < 4.78 is 44.0. The summed E-state index contributed by atoms with van der Waals surface area (Å²) >= 11 is 0. The highest BCUT2D eigenvalue weighted by atomic mass is 32.2. The van der Waals surface area contributed by atoms with Crippen molar-refractivity contribution < 1.29 is 32.2 Å².